The van der Waals surface area contributed by atoms with Crippen LogP contribution in [0.1, 0.15) is 6.42 Å². The number of sulfone groups is 1. The molecule has 4 nitrogen and oxygen atoms in total. The zero-order valence-electron chi connectivity index (χ0n) is 9.07. The SMILES string of the molecule is O=C(CCS(=O)(=O)C(Cl)Cl)Nc1ccc(Br)cc1. The van der Waals surface area contributed by atoms with Crippen molar-refractivity contribution in [2.45, 2.75) is 10.6 Å². The highest BCUT2D eigenvalue weighted by molar-refractivity contribution is 9.10. The maximum Gasteiger partial charge on any atom is 0.225 e. The minimum atomic E-state index is -3.63. The number of nitrogens with one attached hydrogen (secondary N) is 1. The van der Waals surface area contributed by atoms with E-state index < -0.39 is 19.9 Å². The number of hydrogen-bond donors (Lipinski definition) is 1. The smallest absolute Gasteiger partial charge is 0.225 e. The molecule has 0 heterocycles. The summed E-state index contributed by atoms with van der Waals surface area (Å²) in [5.74, 6) is -0.789. The third kappa shape index (κ3) is 5.14. The molecule has 8 heteroatoms. The van der Waals surface area contributed by atoms with E-state index in [4.69, 9.17) is 23.2 Å². The van der Waals surface area contributed by atoms with Gasteiger partial charge in [-0.3, -0.25) is 4.79 Å². The van der Waals surface area contributed by atoms with E-state index in [1.165, 1.54) is 0 Å². The Balaban J connectivity index is 2.50. The Morgan fingerprint density at radius 2 is 1.83 bits per heavy atom. The lowest BCUT2D eigenvalue weighted by Crippen LogP contribution is -2.20. The number of amides is 1. The van der Waals surface area contributed by atoms with Gasteiger partial charge in [-0.25, -0.2) is 8.42 Å². The summed E-state index contributed by atoms with van der Waals surface area (Å²) in [5.41, 5.74) is 0.592. The minimum absolute atomic E-state index is 0.186. The van der Waals surface area contributed by atoms with E-state index in [2.05, 4.69) is 21.2 Å². The molecule has 0 aliphatic heterocycles. The fourth-order valence-electron chi connectivity index (χ4n) is 1.08. The van der Waals surface area contributed by atoms with Crippen LogP contribution in [-0.2, 0) is 14.6 Å². The number of alkyl halides is 2. The van der Waals surface area contributed by atoms with Crippen molar-refractivity contribution in [3.8, 4) is 0 Å². The largest absolute Gasteiger partial charge is 0.326 e. The van der Waals surface area contributed by atoms with E-state index in [1.54, 1.807) is 24.3 Å². The lowest BCUT2D eigenvalue weighted by atomic mass is 10.3. The molecule has 18 heavy (non-hydrogen) atoms. The lowest BCUT2D eigenvalue weighted by molar-refractivity contribution is -0.115. The van der Waals surface area contributed by atoms with Crippen LogP contribution in [0, 0.1) is 0 Å². The van der Waals surface area contributed by atoms with Crippen LogP contribution >= 0.6 is 39.1 Å². The van der Waals surface area contributed by atoms with Gasteiger partial charge in [-0.15, -0.1) is 0 Å². The Kier molecular flexibility index (Phi) is 5.91. The van der Waals surface area contributed by atoms with Crippen LogP contribution in [0.5, 0.6) is 0 Å². The summed E-state index contributed by atoms with van der Waals surface area (Å²) in [5, 5.41) is 2.57. The van der Waals surface area contributed by atoms with Crippen molar-refractivity contribution < 1.29 is 13.2 Å². The predicted octanol–water partition coefficient (Wildman–Crippen LogP) is 2.95. The zero-order valence-corrected chi connectivity index (χ0v) is 13.0. The Morgan fingerprint density at radius 3 is 2.33 bits per heavy atom. The molecule has 0 atom stereocenters. The Bertz CT molecular complexity index is 516. The summed E-state index contributed by atoms with van der Waals surface area (Å²) >= 11 is 13.8. The van der Waals surface area contributed by atoms with E-state index in [9.17, 15) is 13.2 Å². The summed E-state index contributed by atoms with van der Waals surface area (Å²) in [4.78, 5) is 11.5. The first kappa shape index (κ1) is 15.8. The summed E-state index contributed by atoms with van der Waals surface area (Å²) < 4.78 is 21.9. The Labute approximate surface area is 124 Å². The van der Waals surface area contributed by atoms with Gasteiger partial charge in [-0.05, 0) is 24.3 Å². The molecule has 1 aromatic rings. The highest BCUT2D eigenvalue weighted by Gasteiger charge is 2.21. The molecule has 0 unspecified atom stereocenters. The molecule has 0 saturated carbocycles. The van der Waals surface area contributed by atoms with Gasteiger partial charge in [0, 0.05) is 16.6 Å². The predicted molar refractivity (Wildman–Crippen MR) is 76.7 cm³/mol. The van der Waals surface area contributed by atoms with Crippen molar-refractivity contribution in [1.82, 2.24) is 0 Å². The topological polar surface area (TPSA) is 63.2 Å². The minimum Gasteiger partial charge on any atom is -0.326 e. The van der Waals surface area contributed by atoms with E-state index in [-0.39, 0.29) is 12.2 Å². The highest BCUT2D eigenvalue weighted by Crippen LogP contribution is 2.15. The summed E-state index contributed by atoms with van der Waals surface area (Å²) in [6, 6.07) is 6.92. The number of benzene rings is 1. The maximum atomic E-state index is 11.5. The number of hydrogen-bond acceptors (Lipinski definition) is 3. The molecule has 0 aliphatic rings. The second kappa shape index (κ2) is 6.75. The van der Waals surface area contributed by atoms with Crippen LogP contribution in [0.15, 0.2) is 28.7 Å². The molecule has 0 aliphatic carbocycles. The van der Waals surface area contributed by atoms with E-state index in [0.29, 0.717) is 5.69 Å². The summed E-state index contributed by atoms with van der Waals surface area (Å²) in [6.07, 6.45) is -0.186. The second-order valence-electron chi connectivity index (χ2n) is 3.43. The standard InChI is InChI=1S/C10H10BrCl2NO3S/c11-7-1-3-8(4-2-7)14-9(15)5-6-18(16,17)10(12)13/h1-4,10H,5-6H2,(H,14,15). The quantitative estimate of drug-likeness (QED) is 0.806. The number of carbonyl (C=O) groups excluding carboxylic acids is 1. The summed E-state index contributed by atoms with van der Waals surface area (Å²) in [6.45, 7) is 0. The van der Waals surface area contributed by atoms with Crippen LogP contribution < -0.4 is 5.32 Å². The van der Waals surface area contributed by atoms with Crippen LogP contribution in [0.3, 0.4) is 0 Å². The lowest BCUT2D eigenvalue weighted by Gasteiger charge is -2.06. The van der Waals surface area contributed by atoms with Crippen molar-refractivity contribution in [3.05, 3.63) is 28.7 Å². The average Bonchev–Trinajstić information content (AvgIpc) is 2.29. The molecule has 0 saturated heterocycles. The molecular weight excluding hydrogens is 365 g/mol. The van der Waals surface area contributed by atoms with Crippen molar-refractivity contribution >= 4 is 60.6 Å². The average molecular weight is 375 g/mol. The van der Waals surface area contributed by atoms with Crippen molar-refractivity contribution in [2.24, 2.45) is 0 Å². The van der Waals surface area contributed by atoms with Crippen LogP contribution in [-0.4, -0.2) is 24.2 Å². The van der Waals surface area contributed by atoms with E-state index in [1.807, 2.05) is 0 Å². The molecule has 0 fully saturated rings. The third-order valence-electron chi connectivity index (χ3n) is 2.01. The molecule has 0 spiro atoms. The van der Waals surface area contributed by atoms with Gasteiger partial charge in [-0.1, -0.05) is 39.1 Å². The first-order valence-electron chi connectivity index (χ1n) is 4.86. The normalized spacial score (nSPS) is 11.6. The molecule has 100 valence electrons. The van der Waals surface area contributed by atoms with Gasteiger partial charge in [-0.2, -0.15) is 0 Å². The van der Waals surface area contributed by atoms with Crippen LogP contribution in [0.4, 0.5) is 5.69 Å². The number of anilines is 1. The van der Waals surface area contributed by atoms with Crippen LogP contribution in [0.25, 0.3) is 0 Å². The van der Waals surface area contributed by atoms with Gasteiger partial charge < -0.3 is 5.32 Å². The fraction of sp³-hybridized carbons (Fsp3) is 0.300. The van der Waals surface area contributed by atoms with Gasteiger partial charge in [0.2, 0.25) is 10.1 Å². The first-order chi connectivity index (χ1) is 8.31. The van der Waals surface area contributed by atoms with E-state index in [0.717, 1.165) is 4.47 Å². The maximum absolute atomic E-state index is 11.5. The van der Waals surface area contributed by atoms with Gasteiger partial charge >= 0.3 is 0 Å². The van der Waals surface area contributed by atoms with Gasteiger partial charge in [0.25, 0.3) is 0 Å². The zero-order chi connectivity index (χ0) is 13.8. The molecule has 1 N–H and O–H groups in total. The number of carbonyl (C=O) groups is 1. The van der Waals surface area contributed by atoms with Crippen LogP contribution in [0.2, 0.25) is 0 Å². The van der Waals surface area contributed by atoms with Gasteiger partial charge in [0.05, 0.1) is 5.75 Å². The monoisotopic (exact) mass is 373 g/mol. The second-order valence-corrected chi connectivity index (χ2v) is 8.17. The van der Waals surface area contributed by atoms with E-state index >= 15 is 0 Å². The molecular formula is C10H10BrCl2NO3S. The third-order valence-corrected chi connectivity index (χ3v) is 5.49. The Hall–Kier alpha value is -0.300. The summed E-state index contributed by atoms with van der Waals surface area (Å²) in [7, 11) is -3.63. The fourth-order valence-corrected chi connectivity index (χ4v) is 2.53. The molecule has 1 aromatic carbocycles. The van der Waals surface area contributed by atoms with Crippen molar-refractivity contribution in [2.75, 3.05) is 11.1 Å². The molecule has 1 amide bonds. The molecule has 0 bridgehead atoms. The highest BCUT2D eigenvalue weighted by atomic mass is 79.9. The van der Waals surface area contributed by atoms with Gasteiger partial charge in [0.1, 0.15) is 0 Å². The number of rotatable bonds is 5. The number of halogens is 3. The Morgan fingerprint density at radius 1 is 1.28 bits per heavy atom. The van der Waals surface area contributed by atoms with Gasteiger partial charge in [0.15, 0.2) is 9.84 Å². The molecule has 1 rings (SSSR count). The molecule has 0 radical (unpaired) electrons. The van der Waals surface area contributed by atoms with Crippen molar-refractivity contribution in [3.63, 3.8) is 0 Å². The molecule has 0 aromatic heterocycles. The van der Waals surface area contributed by atoms with Crippen molar-refractivity contribution in [1.29, 1.82) is 0 Å². The first-order valence-corrected chi connectivity index (χ1v) is 8.24.